The van der Waals surface area contributed by atoms with E-state index in [0.29, 0.717) is 0 Å². The molecule has 0 N–H and O–H groups in total. The van der Waals surface area contributed by atoms with Gasteiger partial charge in [-0.3, -0.25) is 0 Å². The van der Waals surface area contributed by atoms with E-state index in [-0.39, 0.29) is 5.60 Å². The monoisotopic (exact) mass is 342 g/mol. The highest BCUT2D eigenvalue weighted by molar-refractivity contribution is 7.22. The third-order valence-corrected chi connectivity index (χ3v) is 7.15. The highest BCUT2D eigenvalue weighted by Gasteiger charge is 2.41. The fourth-order valence-electron chi connectivity index (χ4n) is 3.83. The molecule has 1 spiro atoms. The van der Waals surface area contributed by atoms with Crippen molar-refractivity contribution in [3.8, 4) is 0 Å². The number of hydrogen-bond acceptors (Lipinski definition) is 5. The topological polar surface area (TPSA) is 25.4 Å². The van der Waals surface area contributed by atoms with Crippen LogP contribution in [0.2, 0.25) is 0 Å². The van der Waals surface area contributed by atoms with Gasteiger partial charge in [0.25, 0.3) is 0 Å². The van der Waals surface area contributed by atoms with Crippen LogP contribution < -0.4 is 4.90 Å². The number of rotatable bonds is 1. The zero-order valence-corrected chi connectivity index (χ0v) is 14.5. The van der Waals surface area contributed by atoms with Crippen molar-refractivity contribution in [2.24, 2.45) is 0 Å². The number of ether oxygens (including phenoxy) is 1. The normalized spacial score (nSPS) is 20.1. The molecule has 1 aromatic carbocycles. The number of hydrogen-bond donors (Lipinski definition) is 0. The van der Waals surface area contributed by atoms with Gasteiger partial charge in [0.1, 0.15) is 0 Å². The molecule has 2 aliphatic rings. The Morgan fingerprint density at radius 3 is 2.87 bits per heavy atom. The molecule has 0 bridgehead atoms. The number of thiazole rings is 1. The summed E-state index contributed by atoms with van der Waals surface area (Å²) in [6.07, 6.45) is 3.20. The minimum absolute atomic E-state index is 0.0409. The molecular weight excluding hydrogens is 324 g/mol. The molecule has 0 unspecified atom stereocenters. The SMILES string of the molecule is c1ccc2sc(N3CCC4(CC3)OCCc3sccc34)nc2c1. The molecular formula is C18H18N2OS2. The van der Waals surface area contributed by atoms with Crippen LogP contribution in [-0.4, -0.2) is 24.7 Å². The number of nitrogens with zero attached hydrogens (tertiary/aromatic N) is 2. The summed E-state index contributed by atoms with van der Waals surface area (Å²) in [4.78, 5) is 8.77. The minimum atomic E-state index is -0.0409. The van der Waals surface area contributed by atoms with Gasteiger partial charge < -0.3 is 9.64 Å². The first kappa shape index (κ1) is 14.0. The molecule has 5 heteroatoms. The second-order valence-electron chi connectivity index (χ2n) is 6.30. The molecule has 3 aromatic rings. The lowest BCUT2D eigenvalue weighted by atomic mass is 9.82. The second kappa shape index (κ2) is 5.30. The van der Waals surface area contributed by atoms with Crippen LogP contribution >= 0.6 is 22.7 Å². The van der Waals surface area contributed by atoms with E-state index in [4.69, 9.17) is 9.72 Å². The van der Waals surface area contributed by atoms with E-state index in [1.807, 2.05) is 11.3 Å². The fourth-order valence-corrected chi connectivity index (χ4v) is 5.79. The van der Waals surface area contributed by atoms with Crippen molar-refractivity contribution in [1.29, 1.82) is 0 Å². The Kier molecular flexibility index (Phi) is 3.21. The van der Waals surface area contributed by atoms with E-state index < -0.39 is 0 Å². The number of piperidine rings is 1. The molecule has 118 valence electrons. The summed E-state index contributed by atoms with van der Waals surface area (Å²) >= 11 is 3.69. The molecule has 23 heavy (non-hydrogen) atoms. The summed E-state index contributed by atoms with van der Waals surface area (Å²) in [5.41, 5.74) is 2.53. The molecule has 0 radical (unpaired) electrons. The van der Waals surface area contributed by atoms with Gasteiger partial charge in [0, 0.05) is 24.4 Å². The summed E-state index contributed by atoms with van der Waals surface area (Å²) in [5, 5.41) is 3.38. The summed E-state index contributed by atoms with van der Waals surface area (Å²) in [6.45, 7) is 2.92. The van der Waals surface area contributed by atoms with Gasteiger partial charge in [0.2, 0.25) is 0 Å². The van der Waals surface area contributed by atoms with E-state index in [1.165, 1.54) is 15.1 Å². The molecule has 3 nitrogen and oxygen atoms in total. The lowest BCUT2D eigenvalue weighted by Gasteiger charge is -2.44. The summed E-state index contributed by atoms with van der Waals surface area (Å²) < 4.78 is 7.57. The zero-order chi connectivity index (χ0) is 15.3. The average Bonchev–Trinajstić information content (AvgIpc) is 3.23. The number of anilines is 1. The third kappa shape index (κ3) is 2.22. The predicted molar refractivity (Wildman–Crippen MR) is 96.7 cm³/mol. The van der Waals surface area contributed by atoms with Crippen molar-refractivity contribution >= 4 is 38.0 Å². The smallest absolute Gasteiger partial charge is 0.186 e. The first-order valence-electron chi connectivity index (χ1n) is 8.15. The quantitative estimate of drug-likeness (QED) is 0.654. The summed E-state index contributed by atoms with van der Waals surface area (Å²) in [7, 11) is 0. The largest absolute Gasteiger partial charge is 0.370 e. The number of para-hydroxylation sites is 1. The van der Waals surface area contributed by atoms with Crippen molar-refractivity contribution in [2.45, 2.75) is 24.9 Å². The fraction of sp³-hybridized carbons (Fsp3) is 0.389. The van der Waals surface area contributed by atoms with Crippen LogP contribution in [-0.2, 0) is 16.8 Å². The van der Waals surface area contributed by atoms with Gasteiger partial charge in [-0.05, 0) is 42.0 Å². The molecule has 4 heterocycles. The van der Waals surface area contributed by atoms with Crippen molar-refractivity contribution in [3.63, 3.8) is 0 Å². The maximum atomic E-state index is 6.30. The Morgan fingerprint density at radius 1 is 1.13 bits per heavy atom. The average molecular weight is 342 g/mol. The lowest BCUT2D eigenvalue weighted by molar-refractivity contribution is -0.0756. The Balaban J connectivity index is 1.41. The van der Waals surface area contributed by atoms with Crippen LogP contribution in [0, 0.1) is 0 Å². The van der Waals surface area contributed by atoms with Gasteiger partial charge in [0.05, 0.1) is 22.4 Å². The molecule has 1 fully saturated rings. The first-order valence-corrected chi connectivity index (χ1v) is 9.85. The number of aromatic nitrogens is 1. The van der Waals surface area contributed by atoms with Crippen LogP contribution in [0.15, 0.2) is 35.7 Å². The summed E-state index contributed by atoms with van der Waals surface area (Å²) in [6, 6.07) is 10.7. The Labute approximate surface area is 143 Å². The molecule has 0 atom stereocenters. The highest BCUT2D eigenvalue weighted by atomic mass is 32.1. The molecule has 0 saturated carbocycles. The maximum absolute atomic E-state index is 6.30. The van der Waals surface area contributed by atoms with E-state index in [0.717, 1.165) is 49.6 Å². The molecule has 2 aliphatic heterocycles. The number of benzene rings is 1. The molecule has 2 aromatic heterocycles. The molecule has 5 rings (SSSR count). The molecule has 1 saturated heterocycles. The van der Waals surface area contributed by atoms with Crippen molar-refractivity contribution in [1.82, 2.24) is 4.98 Å². The zero-order valence-electron chi connectivity index (χ0n) is 12.8. The van der Waals surface area contributed by atoms with Crippen LogP contribution in [0.3, 0.4) is 0 Å². The standard InChI is InChI=1S/C18H18N2OS2/c1-2-4-16-14(3-1)19-17(23-16)20-9-7-18(8-10-20)13-6-12-22-15(13)5-11-21-18/h1-4,6,12H,5,7-11H2. The van der Waals surface area contributed by atoms with Gasteiger partial charge in [-0.15, -0.1) is 11.3 Å². The molecule has 0 amide bonds. The van der Waals surface area contributed by atoms with E-state index >= 15 is 0 Å². The van der Waals surface area contributed by atoms with Gasteiger partial charge in [-0.25, -0.2) is 4.98 Å². The predicted octanol–water partition coefficient (Wildman–Crippen LogP) is 4.43. The number of thiophene rings is 1. The van der Waals surface area contributed by atoms with Crippen LogP contribution in [0.5, 0.6) is 0 Å². The molecule has 0 aliphatic carbocycles. The van der Waals surface area contributed by atoms with Crippen molar-refractivity contribution in [2.75, 3.05) is 24.6 Å². The minimum Gasteiger partial charge on any atom is -0.370 e. The maximum Gasteiger partial charge on any atom is 0.186 e. The van der Waals surface area contributed by atoms with Crippen molar-refractivity contribution < 1.29 is 4.74 Å². The van der Waals surface area contributed by atoms with Crippen molar-refractivity contribution in [3.05, 3.63) is 46.2 Å². The van der Waals surface area contributed by atoms with Gasteiger partial charge in [0.15, 0.2) is 5.13 Å². The lowest BCUT2D eigenvalue weighted by Crippen LogP contribution is -2.46. The first-order chi connectivity index (χ1) is 11.3. The highest BCUT2D eigenvalue weighted by Crippen LogP contribution is 2.44. The number of fused-ring (bicyclic) bond motifs is 3. The van der Waals surface area contributed by atoms with Gasteiger partial charge >= 0.3 is 0 Å². The van der Waals surface area contributed by atoms with Gasteiger partial charge in [-0.2, -0.15) is 0 Å². The third-order valence-electron chi connectivity index (χ3n) is 5.07. The summed E-state index contributed by atoms with van der Waals surface area (Å²) in [5.74, 6) is 0. The Morgan fingerprint density at radius 2 is 2.00 bits per heavy atom. The Hall–Kier alpha value is -1.43. The van der Waals surface area contributed by atoms with Crippen LogP contribution in [0.4, 0.5) is 5.13 Å². The second-order valence-corrected chi connectivity index (χ2v) is 8.31. The van der Waals surface area contributed by atoms with Gasteiger partial charge in [-0.1, -0.05) is 23.5 Å². The van der Waals surface area contributed by atoms with E-state index in [9.17, 15) is 0 Å². The van der Waals surface area contributed by atoms with Crippen LogP contribution in [0.1, 0.15) is 23.3 Å². The van der Waals surface area contributed by atoms with Crippen LogP contribution in [0.25, 0.3) is 10.2 Å². The Bertz CT molecular complexity index is 812. The van der Waals surface area contributed by atoms with E-state index in [1.54, 1.807) is 11.3 Å². The van der Waals surface area contributed by atoms with E-state index in [2.05, 4.69) is 40.6 Å².